The summed E-state index contributed by atoms with van der Waals surface area (Å²) in [6.07, 6.45) is 0.878. The van der Waals surface area contributed by atoms with Crippen molar-refractivity contribution in [2.75, 3.05) is 18.0 Å². The third kappa shape index (κ3) is 4.55. The molecule has 0 spiro atoms. The first-order chi connectivity index (χ1) is 8.65. The van der Waals surface area contributed by atoms with Crippen LogP contribution in [0.2, 0.25) is 0 Å². The van der Waals surface area contributed by atoms with E-state index in [0.29, 0.717) is 19.4 Å². The van der Waals surface area contributed by atoms with Crippen molar-refractivity contribution in [3.8, 4) is 0 Å². The molecule has 0 saturated heterocycles. The standard InChI is InChI=1S/C13H18N2O3/c14-9-4-7-12(16)15(10-8-13(17)18)11-5-2-1-3-6-11/h1-3,5-6H,4,7-10,14H2,(H,17,18). The SMILES string of the molecule is NCCCC(=O)N(CCC(=O)O)c1ccccc1. The highest BCUT2D eigenvalue weighted by molar-refractivity contribution is 5.93. The molecule has 98 valence electrons. The Morgan fingerprint density at radius 3 is 2.39 bits per heavy atom. The quantitative estimate of drug-likeness (QED) is 0.762. The monoisotopic (exact) mass is 250 g/mol. The van der Waals surface area contributed by atoms with Gasteiger partial charge in [0.15, 0.2) is 0 Å². The van der Waals surface area contributed by atoms with Crippen molar-refractivity contribution in [3.05, 3.63) is 30.3 Å². The summed E-state index contributed by atoms with van der Waals surface area (Å²) in [5, 5.41) is 8.71. The Kier molecular flexibility index (Phi) is 5.87. The first kappa shape index (κ1) is 14.2. The Hall–Kier alpha value is -1.88. The van der Waals surface area contributed by atoms with Gasteiger partial charge >= 0.3 is 5.97 Å². The van der Waals surface area contributed by atoms with E-state index in [0.717, 1.165) is 5.69 Å². The molecule has 0 aliphatic rings. The van der Waals surface area contributed by atoms with Gasteiger partial charge in [-0.05, 0) is 25.1 Å². The smallest absolute Gasteiger partial charge is 0.305 e. The maximum Gasteiger partial charge on any atom is 0.305 e. The van der Waals surface area contributed by atoms with E-state index in [9.17, 15) is 9.59 Å². The van der Waals surface area contributed by atoms with Gasteiger partial charge in [-0.1, -0.05) is 18.2 Å². The number of hydrogen-bond donors (Lipinski definition) is 2. The molecule has 1 amide bonds. The fourth-order valence-electron chi connectivity index (χ4n) is 1.60. The van der Waals surface area contributed by atoms with Crippen molar-refractivity contribution in [1.29, 1.82) is 0 Å². The Balaban J connectivity index is 2.74. The van der Waals surface area contributed by atoms with E-state index in [4.69, 9.17) is 10.8 Å². The number of aliphatic carboxylic acids is 1. The summed E-state index contributed by atoms with van der Waals surface area (Å²) in [4.78, 5) is 24.1. The maximum absolute atomic E-state index is 12.0. The highest BCUT2D eigenvalue weighted by Gasteiger charge is 2.15. The van der Waals surface area contributed by atoms with Crippen LogP contribution in [0.4, 0.5) is 5.69 Å². The van der Waals surface area contributed by atoms with Gasteiger partial charge in [0.2, 0.25) is 5.91 Å². The molecule has 1 aromatic carbocycles. The average molecular weight is 250 g/mol. The van der Waals surface area contributed by atoms with Crippen molar-refractivity contribution in [2.45, 2.75) is 19.3 Å². The molecule has 0 aliphatic heterocycles. The molecule has 0 fully saturated rings. The number of para-hydroxylation sites is 1. The van der Waals surface area contributed by atoms with Crippen LogP contribution in [-0.4, -0.2) is 30.1 Å². The van der Waals surface area contributed by atoms with Crippen LogP contribution in [0.25, 0.3) is 0 Å². The Morgan fingerprint density at radius 1 is 1.17 bits per heavy atom. The molecule has 1 rings (SSSR count). The number of rotatable bonds is 7. The number of nitrogens with two attached hydrogens (primary N) is 1. The number of carboxylic acid groups (broad SMARTS) is 1. The highest BCUT2D eigenvalue weighted by atomic mass is 16.4. The minimum atomic E-state index is -0.914. The largest absolute Gasteiger partial charge is 0.481 e. The van der Waals surface area contributed by atoms with E-state index in [1.54, 1.807) is 12.1 Å². The van der Waals surface area contributed by atoms with Crippen LogP contribution in [-0.2, 0) is 9.59 Å². The number of benzene rings is 1. The van der Waals surface area contributed by atoms with E-state index in [-0.39, 0.29) is 18.9 Å². The van der Waals surface area contributed by atoms with Gasteiger partial charge in [0.1, 0.15) is 0 Å². The molecular formula is C13H18N2O3. The number of carbonyl (C=O) groups is 2. The van der Waals surface area contributed by atoms with Gasteiger partial charge in [0.05, 0.1) is 6.42 Å². The van der Waals surface area contributed by atoms with Crippen molar-refractivity contribution in [1.82, 2.24) is 0 Å². The summed E-state index contributed by atoms with van der Waals surface area (Å²) in [5.41, 5.74) is 6.10. The third-order valence-corrected chi connectivity index (χ3v) is 2.51. The third-order valence-electron chi connectivity index (χ3n) is 2.51. The van der Waals surface area contributed by atoms with Gasteiger partial charge in [-0.2, -0.15) is 0 Å². The molecule has 1 aromatic rings. The molecule has 0 unspecified atom stereocenters. The predicted octanol–water partition coefficient (Wildman–Crippen LogP) is 1.23. The lowest BCUT2D eigenvalue weighted by Gasteiger charge is -2.22. The number of anilines is 1. The van der Waals surface area contributed by atoms with Gasteiger partial charge in [0.25, 0.3) is 0 Å². The minimum absolute atomic E-state index is 0.0662. The summed E-state index contributed by atoms with van der Waals surface area (Å²) in [6.45, 7) is 0.635. The zero-order valence-electron chi connectivity index (χ0n) is 10.2. The lowest BCUT2D eigenvalue weighted by molar-refractivity contribution is -0.136. The van der Waals surface area contributed by atoms with Gasteiger partial charge in [-0.25, -0.2) is 0 Å². The van der Waals surface area contributed by atoms with Crippen LogP contribution in [0, 0.1) is 0 Å². The molecule has 0 aliphatic carbocycles. The van der Waals surface area contributed by atoms with Crippen LogP contribution < -0.4 is 10.6 Å². The Labute approximate surface area is 106 Å². The minimum Gasteiger partial charge on any atom is -0.481 e. The molecule has 0 aromatic heterocycles. The van der Waals surface area contributed by atoms with Crippen molar-refractivity contribution in [2.24, 2.45) is 5.73 Å². The maximum atomic E-state index is 12.0. The summed E-state index contributed by atoms with van der Waals surface area (Å²) in [6, 6.07) is 9.08. The zero-order chi connectivity index (χ0) is 13.4. The predicted molar refractivity (Wildman–Crippen MR) is 69.3 cm³/mol. The second-order valence-corrected chi connectivity index (χ2v) is 3.92. The lowest BCUT2D eigenvalue weighted by atomic mass is 10.2. The van der Waals surface area contributed by atoms with Crippen LogP contribution in [0.3, 0.4) is 0 Å². The summed E-state index contributed by atoms with van der Waals surface area (Å²) in [5.74, 6) is -1.00. The first-order valence-electron chi connectivity index (χ1n) is 5.92. The molecule has 0 heterocycles. The average Bonchev–Trinajstić information content (AvgIpc) is 2.37. The second-order valence-electron chi connectivity index (χ2n) is 3.92. The Morgan fingerprint density at radius 2 is 1.83 bits per heavy atom. The van der Waals surface area contributed by atoms with E-state index in [1.165, 1.54) is 4.90 Å². The summed E-state index contributed by atoms with van der Waals surface area (Å²) >= 11 is 0. The normalized spacial score (nSPS) is 10.1. The number of carbonyl (C=O) groups excluding carboxylic acids is 1. The first-order valence-corrected chi connectivity index (χ1v) is 5.92. The molecule has 0 saturated carbocycles. The molecule has 0 bridgehead atoms. The van der Waals surface area contributed by atoms with Gasteiger partial charge in [-0.15, -0.1) is 0 Å². The molecule has 18 heavy (non-hydrogen) atoms. The van der Waals surface area contributed by atoms with Crippen LogP contribution >= 0.6 is 0 Å². The van der Waals surface area contributed by atoms with Crippen molar-refractivity contribution >= 4 is 17.6 Å². The molecule has 0 atom stereocenters. The topological polar surface area (TPSA) is 83.6 Å². The number of amides is 1. The van der Waals surface area contributed by atoms with Gasteiger partial charge < -0.3 is 15.7 Å². The van der Waals surface area contributed by atoms with Crippen LogP contribution in [0.1, 0.15) is 19.3 Å². The number of nitrogens with zero attached hydrogens (tertiary/aromatic N) is 1. The lowest BCUT2D eigenvalue weighted by Crippen LogP contribution is -2.33. The second kappa shape index (κ2) is 7.45. The fourth-order valence-corrected chi connectivity index (χ4v) is 1.60. The van der Waals surface area contributed by atoms with Crippen LogP contribution in [0.5, 0.6) is 0 Å². The molecule has 0 radical (unpaired) electrons. The van der Waals surface area contributed by atoms with Gasteiger partial charge in [-0.3, -0.25) is 9.59 Å². The number of hydrogen-bond acceptors (Lipinski definition) is 3. The number of carboxylic acids is 1. The van der Waals surface area contributed by atoms with E-state index in [1.807, 2.05) is 18.2 Å². The van der Waals surface area contributed by atoms with Gasteiger partial charge in [0, 0.05) is 18.7 Å². The fraction of sp³-hybridized carbons (Fsp3) is 0.385. The molecular weight excluding hydrogens is 232 g/mol. The van der Waals surface area contributed by atoms with E-state index in [2.05, 4.69) is 0 Å². The van der Waals surface area contributed by atoms with E-state index < -0.39 is 5.97 Å². The zero-order valence-corrected chi connectivity index (χ0v) is 10.2. The molecule has 5 nitrogen and oxygen atoms in total. The van der Waals surface area contributed by atoms with Crippen molar-refractivity contribution < 1.29 is 14.7 Å². The Bertz CT molecular complexity index is 392. The van der Waals surface area contributed by atoms with Crippen LogP contribution in [0.15, 0.2) is 30.3 Å². The van der Waals surface area contributed by atoms with E-state index >= 15 is 0 Å². The summed E-state index contributed by atoms with van der Waals surface area (Å²) < 4.78 is 0. The molecule has 5 heteroatoms. The molecule has 3 N–H and O–H groups in total. The highest BCUT2D eigenvalue weighted by Crippen LogP contribution is 2.15. The van der Waals surface area contributed by atoms with Crippen molar-refractivity contribution in [3.63, 3.8) is 0 Å². The summed E-state index contributed by atoms with van der Waals surface area (Å²) in [7, 11) is 0.